The van der Waals surface area contributed by atoms with Crippen LogP contribution in [0.25, 0.3) is 10.9 Å². The molecule has 4 rings (SSSR count). The third-order valence-corrected chi connectivity index (χ3v) is 3.97. The van der Waals surface area contributed by atoms with Gasteiger partial charge in [-0.3, -0.25) is 4.79 Å². The Morgan fingerprint density at radius 2 is 2.00 bits per heavy atom. The largest absolute Gasteiger partial charge is 0.467 e. The minimum atomic E-state index is -0.0235. The number of fused-ring (bicyclic) bond motifs is 1. The van der Waals surface area contributed by atoms with E-state index in [1.807, 2.05) is 53.4 Å². The van der Waals surface area contributed by atoms with Crippen LogP contribution >= 0.6 is 0 Å². The summed E-state index contributed by atoms with van der Waals surface area (Å²) in [5.74, 6) is 0.783. The number of hydrogen-bond acceptors (Lipinski definition) is 3. The SMILES string of the molecule is O=C(c1ccc2ccccc2n1)N(Cc1ccco1)C1CC1. The zero-order chi connectivity index (χ0) is 14.9. The number of benzene rings is 1. The lowest BCUT2D eigenvalue weighted by Gasteiger charge is -2.21. The number of carbonyl (C=O) groups excluding carboxylic acids is 1. The lowest BCUT2D eigenvalue weighted by atomic mass is 10.2. The maximum absolute atomic E-state index is 12.8. The van der Waals surface area contributed by atoms with Crippen molar-refractivity contribution in [3.05, 3.63) is 66.2 Å². The maximum Gasteiger partial charge on any atom is 0.273 e. The van der Waals surface area contributed by atoms with E-state index in [9.17, 15) is 4.79 Å². The monoisotopic (exact) mass is 292 g/mol. The molecule has 1 aromatic carbocycles. The van der Waals surface area contributed by atoms with Gasteiger partial charge in [0.2, 0.25) is 0 Å². The Balaban J connectivity index is 1.64. The summed E-state index contributed by atoms with van der Waals surface area (Å²) in [5, 5.41) is 1.04. The summed E-state index contributed by atoms with van der Waals surface area (Å²) in [5.41, 5.74) is 1.35. The van der Waals surface area contributed by atoms with E-state index >= 15 is 0 Å². The number of nitrogens with zero attached hydrogens (tertiary/aromatic N) is 2. The Hall–Kier alpha value is -2.62. The Morgan fingerprint density at radius 3 is 2.77 bits per heavy atom. The highest BCUT2D eigenvalue weighted by Crippen LogP contribution is 2.30. The summed E-state index contributed by atoms with van der Waals surface area (Å²) in [6.07, 6.45) is 3.75. The van der Waals surface area contributed by atoms with Crippen molar-refractivity contribution in [1.29, 1.82) is 0 Å². The van der Waals surface area contributed by atoms with Crippen molar-refractivity contribution < 1.29 is 9.21 Å². The van der Waals surface area contributed by atoms with Crippen LogP contribution in [-0.2, 0) is 6.54 Å². The molecule has 3 aromatic rings. The summed E-state index contributed by atoms with van der Waals surface area (Å²) in [6.45, 7) is 0.505. The van der Waals surface area contributed by atoms with Gasteiger partial charge in [-0.25, -0.2) is 4.98 Å². The predicted molar refractivity (Wildman–Crippen MR) is 83.3 cm³/mol. The molecule has 1 aliphatic rings. The van der Waals surface area contributed by atoms with Gasteiger partial charge in [-0.15, -0.1) is 0 Å². The molecule has 0 spiro atoms. The molecule has 0 atom stereocenters. The van der Waals surface area contributed by atoms with Crippen molar-refractivity contribution in [2.75, 3.05) is 0 Å². The number of hydrogen-bond donors (Lipinski definition) is 0. The van der Waals surface area contributed by atoms with Gasteiger partial charge < -0.3 is 9.32 Å². The van der Waals surface area contributed by atoms with Gasteiger partial charge in [-0.05, 0) is 37.1 Å². The van der Waals surface area contributed by atoms with Crippen molar-refractivity contribution in [2.24, 2.45) is 0 Å². The summed E-state index contributed by atoms with van der Waals surface area (Å²) in [4.78, 5) is 19.2. The molecule has 4 heteroatoms. The molecule has 110 valence electrons. The second kappa shape index (κ2) is 5.30. The molecule has 0 unspecified atom stereocenters. The van der Waals surface area contributed by atoms with Crippen LogP contribution in [0.4, 0.5) is 0 Å². The molecule has 1 aliphatic carbocycles. The molecule has 0 aliphatic heterocycles. The molecule has 0 saturated heterocycles. The van der Waals surface area contributed by atoms with E-state index in [0.29, 0.717) is 18.3 Å². The minimum Gasteiger partial charge on any atom is -0.467 e. The molecule has 4 nitrogen and oxygen atoms in total. The molecule has 22 heavy (non-hydrogen) atoms. The molecule has 0 N–H and O–H groups in total. The van der Waals surface area contributed by atoms with Gasteiger partial charge in [0.25, 0.3) is 5.91 Å². The standard InChI is InChI=1S/C18H16N2O2/c21-18(17-10-7-13-4-1-2-6-16(13)19-17)20(14-8-9-14)12-15-5-3-11-22-15/h1-7,10-11,14H,8-9,12H2. The molecule has 0 bridgehead atoms. The average Bonchev–Trinajstić information content (AvgIpc) is 3.27. The van der Waals surface area contributed by atoms with Crippen LogP contribution in [-0.4, -0.2) is 21.8 Å². The first-order valence-electron chi connectivity index (χ1n) is 7.50. The fourth-order valence-corrected chi connectivity index (χ4v) is 2.66. The molecular weight excluding hydrogens is 276 g/mol. The van der Waals surface area contributed by atoms with Crippen LogP contribution in [0, 0.1) is 0 Å². The van der Waals surface area contributed by atoms with E-state index in [0.717, 1.165) is 29.5 Å². The summed E-state index contributed by atoms with van der Waals surface area (Å²) >= 11 is 0. The van der Waals surface area contributed by atoms with Crippen molar-refractivity contribution in [3.63, 3.8) is 0 Å². The molecule has 1 saturated carbocycles. The highest BCUT2D eigenvalue weighted by molar-refractivity contribution is 5.95. The van der Waals surface area contributed by atoms with Crippen molar-refractivity contribution in [2.45, 2.75) is 25.4 Å². The normalized spacial score (nSPS) is 14.2. The van der Waals surface area contributed by atoms with Crippen molar-refractivity contribution in [3.8, 4) is 0 Å². The van der Waals surface area contributed by atoms with Gasteiger partial charge >= 0.3 is 0 Å². The number of furan rings is 1. The molecule has 1 amide bonds. The fourth-order valence-electron chi connectivity index (χ4n) is 2.66. The minimum absolute atomic E-state index is 0.0235. The van der Waals surface area contributed by atoms with E-state index in [2.05, 4.69) is 4.98 Å². The van der Waals surface area contributed by atoms with Crippen molar-refractivity contribution >= 4 is 16.8 Å². The Kier molecular flexibility index (Phi) is 3.15. The first-order valence-corrected chi connectivity index (χ1v) is 7.50. The molecular formula is C18H16N2O2. The Bertz CT molecular complexity index is 807. The summed E-state index contributed by atoms with van der Waals surface area (Å²) in [6, 6.07) is 15.7. The number of para-hydroxylation sites is 1. The highest BCUT2D eigenvalue weighted by Gasteiger charge is 2.34. The van der Waals surface area contributed by atoms with E-state index < -0.39 is 0 Å². The van der Waals surface area contributed by atoms with Gasteiger partial charge in [-0.1, -0.05) is 24.3 Å². The first-order chi connectivity index (χ1) is 10.8. The van der Waals surface area contributed by atoms with E-state index in [1.54, 1.807) is 6.26 Å². The van der Waals surface area contributed by atoms with Crippen LogP contribution in [0.3, 0.4) is 0 Å². The van der Waals surface area contributed by atoms with E-state index in [4.69, 9.17) is 4.42 Å². The molecule has 2 aromatic heterocycles. The first kappa shape index (κ1) is 13.1. The highest BCUT2D eigenvalue weighted by atomic mass is 16.3. The lowest BCUT2D eigenvalue weighted by molar-refractivity contribution is 0.0712. The fraction of sp³-hybridized carbons (Fsp3) is 0.222. The number of aromatic nitrogens is 1. The quantitative estimate of drug-likeness (QED) is 0.737. The van der Waals surface area contributed by atoms with Crippen LogP contribution in [0.2, 0.25) is 0 Å². The van der Waals surface area contributed by atoms with Crippen LogP contribution in [0.15, 0.2) is 59.2 Å². The molecule has 1 fully saturated rings. The Labute approximate surface area is 128 Å². The molecule has 0 radical (unpaired) electrons. The predicted octanol–water partition coefficient (Wildman–Crippen LogP) is 3.63. The summed E-state index contributed by atoms with van der Waals surface area (Å²) < 4.78 is 5.38. The zero-order valence-electron chi connectivity index (χ0n) is 12.1. The van der Waals surface area contributed by atoms with Gasteiger partial charge in [0.05, 0.1) is 18.3 Å². The van der Waals surface area contributed by atoms with Gasteiger partial charge in [-0.2, -0.15) is 0 Å². The van der Waals surface area contributed by atoms with Crippen molar-refractivity contribution in [1.82, 2.24) is 9.88 Å². The topological polar surface area (TPSA) is 46.3 Å². The third kappa shape index (κ3) is 2.48. The number of carbonyl (C=O) groups is 1. The average molecular weight is 292 g/mol. The van der Waals surface area contributed by atoms with E-state index in [1.165, 1.54) is 0 Å². The molecule has 2 heterocycles. The van der Waals surface area contributed by atoms with Crippen LogP contribution in [0.5, 0.6) is 0 Å². The Morgan fingerprint density at radius 1 is 1.14 bits per heavy atom. The van der Waals surface area contributed by atoms with Crippen LogP contribution < -0.4 is 0 Å². The van der Waals surface area contributed by atoms with Gasteiger partial charge in [0.1, 0.15) is 11.5 Å². The van der Waals surface area contributed by atoms with Crippen LogP contribution in [0.1, 0.15) is 29.1 Å². The number of rotatable bonds is 4. The zero-order valence-corrected chi connectivity index (χ0v) is 12.1. The number of amides is 1. The van der Waals surface area contributed by atoms with Gasteiger partial charge in [0.15, 0.2) is 0 Å². The second-order valence-corrected chi connectivity index (χ2v) is 5.63. The third-order valence-electron chi connectivity index (χ3n) is 3.97. The summed E-state index contributed by atoms with van der Waals surface area (Å²) in [7, 11) is 0. The lowest BCUT2D eigenvalue weighted by Crippen LogP contribution is -2.33. The maximum atomic E-state index is 12.8. The van der Waals surface area contributed by atoms with Gasteiger partial charge in [0, 0.05) is 11.4 Å². The second-order valence-electron chi connectivity index (χ2n) is 5.63. The number of pyridine rings is 1. The van der Waals surface area contributed by atoms with E-state index in [-0.39, 0.29) is 5.91 Å². The smallest absolute Gasteiger partial charge is 0.273 e.